The van der Waals surface area contributed by atoms with Crippen LogP contribution in [0.25, 0.3) is 0 Å². The van der Waals surface area contributed by atoms with Crippen LogP contribution in [0.3, 0.4) is 0 Å². The molecule has 1 aromatic heterocycles. The van der Waals surface area contributed by atoms with Gasteiger partial charge in [0.05, 0.1) is 0 Å². The van der Waals surface area contributed by atoms with Crippen molar-refractivity contribution < 1.29 is 4.79 Å². The molecule has 0 aliphatic heterocycles. The zero-order valence-corrected chi connectivity index (χ0v) is 12.9. The Kier molecular flexibility index (Phi) is 6.45. The van der Waals surface area contributed by atoms with Gasteiger partial charge in [0.2, 0.25) is 0 Å². The Balaban J connectivity index is 2.77. The van der Waals surface area contributed by atoms with Crippen LogP contribution in [0.15, 0.2) is 18.3 Å². The molecule has 0 bridgehead atoms. The molecule has 5 nitrogen and oxygen atoms in total. The maximum absolute atomic E-state index is 12.2. The Bertz CT molecular complexity index is 430. The minimum atomic E-state index is -0.0292. The Hall–Kier alpha value is -1.62. The summed E-state index contributed by atoms with van der Waals surface area (Å²) < 4.78 is 0. The van der Waals surface area contributed by atoms with Crippen molar-refractivity contribution >= 4 is 11.6 Å². The summed E-state index contributed by atoms with van der Waals surface area (Å²) >= 11 is 0. The van der Waals surface area contributed by atoms with Gasteiger partial charge in [-0.2, -0.15) is 0 Å². The number of amides is 1. The van der Waals surface area contributed by atoms with Gasteiger partial charge in [0.1, 0.15) is 5.69 Å². The number of hydrogen-bond donors (Lipinski definition) is 2. The maximum Gasteiger partial charge on any atom is 0.272 e. The highest BCUT2D eigenvalue weighted by molar-refractivity contribution is 5.93. The monoisotopic (exact) mass is 278 g/mol. The number of carbonyl (C=O) groups excluding carboxylic acids is 1. The van der Waals surface area contributed by atoms with E-state index in [1.165, 1.54) is 0 Å². The first-order valence-electron chi connectivity index (χ1n) is 7.25. The average molecular weight is 278 g/mol. The third-order valence-corrected chi connectivity index (χ3v) is 3.17. The summed E-state index contributed by atoms with van der Waals surface area (Å²) in [4.78, 5) is 18.2. The van der Waals surface area contributed by atoms with E-state index in [9.17, 15) is 4.79 Å². The van der Waals surface area contributed by atoms with Crippen LogP contribution in [-0.2, 0) is 0 Å². The van der Waals surface area contributed by atoms with Gasteiger partial charge in [-0.05, 0) is 46.2 Å². The number of anilines is 1. The topological polar surface area (TPSA) is 71.2 Å². The highest BCUT2D eigenvalue weighted by Gasteiger charge is 2.14. The molecule has 0 saturated carbocycles. The van der Waals surface area contributed by atoms with Crippen molar-refractivity contribution in [3.05, 3.63) is 24.0 Å². The van der Waals surface area contributed by atoms with Gasteiger partial charge >= 0.3 is 0 Å². The number of carbonyl (C=O) groups is 1. The van der Waals surface area contributed by atoms with E-state index in [2.05, 4.69) is 17.2 Å². The first kappa shape index (κ1) is 16.4. The lowest BCUT2D eigenvalue weighted by molar-refractivity contribution is 0.0767. The number of nitrogens with zero attached hydrogens (tertiary/aromatic N) is 2. The van der Waals surface area contributed by atoms with Crippen LogP contribution < -0.4 is 11.1 Å². The summed E-state index contributed by atoms with van der Waals surface area (Å²) in [6.07, 6.45) is 2.54. The van der Waals surface area contributed by atoms with Gasteiger partial charge < -0.3 is 16.0 Å². The number of nitrogens with one attached hydrogen (secondary N) is 1. The molecule has 1 rings (SSSR count). The van der Waals surface area contributed by atoms with Gasteiger partial charge in [0, 0.05) is 37.1 Å². The van der Waals surface area contributed by atoms with Crippen LogP contribution in [0.5, 0.6) is 0 Å². The SMILES string of the molecule is CCN(CC)C(=O)c1cc(NC(C)CC(C)N)ccn1. The fourth-order valence-electron chi connectivity index (χ4n) is 2.21. The molecule has 5 heteroatoms. The summed E-state index contributed by atoms with van der Waals surface area (Å²) in [6.45, 7) is 9.38. The zero-order chi connectivity index (χ0) is 15.1. The second-order valence-electron chi connectivity index (χ2n) is 5.17. The van der Waals surface area contributed by atoms with E-state index < -0.39 is 0 Å². The van der Waals surface area contributed by atoms with Crippen LogP contribution >= 0.6 is 0 Å². The first-order chi connectivity index (χ1) is 9.47. The minimum Gasteiger partial charge on any atom is -0.382 e. The van der Waals surface area contributed by atoms with Crippen molar-refractivity contribution in [2.45, 2.75) is 46.2 Å². The second kappa shape index (κ2) is 7.85. The number of hydrogen-bond acceptors (Lipinski definition) is 4. The summed E-state index contributed by atoms with van der Waals surface area (Å²) in [6, 6.07) is 4.08. The van der Waals surface area contributed by atoms with Crippen LogP contribution in [-0.4, -0.2) is 41.0 Å². The quantitative estimate of drug-likeness (QED) is 0.801. The molecule has 0 fully saturated rings. The highest BCUT2D eigenvalue weighted by Crippen LogP contribution is 2.13. The lowest BCUT2D eigenvalue weighted by Gasteiger charge is -2.20. The smallest absolute Gasteiger partial charge is 0.272 e. The normalized spacial score (nSPS) is 13.7. The maximum atomic E-state index is 12.2. The van der Waals surface area contributed by atoms with Crippen molar-refractivity contribution in [3.63, 3.8) is 0 Å². The Morgan fingerprint density at radius 1 is 1.40 bits per heavy atom. The fraction of sp³-hybridized carbons (Fsp3) is 0.600. The molecule has 1 heterocycles. The Morgan fingerprint density at radius 3 is 2.60 bits per heavy atom. The van der Waals surface area contributed by atoms with Crippen molar-refractivity contribution in [3.8, 4) is 0 Å². The molecule has 0 spiro atoms. The minimum absolute atomic E-state index is 0.0292. The predicted octanol–water partition coefficient (Wildman–Crippen LogP) is 2.10. The molecule has 1 amide bonds. The van der Waals surface area contributed by atoms with Crippen LogP contribution in [0, 0.1) is 0 Å². The van der Waals surface area contributed by atoms with Crippen molar-refractivity contribution in [2.24, 2.45) is 5.73 Å². The van der Waals surface area contributed by atoms with Crippen molar-refractivity contribution in [1.82, 2.24) is 9.88 Å². The molecule has 112 valence electrons. The van der Waals surface area contributed by atoms with E-state index in [0.717, 1.165) is 12.1 Å². The van der Waals surface area contributed by atoms with Gasteiger partial charge in [-0.1, -0.05) is 0 Å². The molecular weight excluding hydrogens is 252 g/mol. The largest absolute Gasteiger partial charge is 0.382 e. The summed E-state index contributed by atoms with van der Waals surface area (Å²) in [5, 5.41) is 3.35. The molecule has 0 radical (unpaired) electrons. The van der Waals surface area contributed by atoms with Crippen LogP contribution in [0.2, 0.25) is 0 Å². The van der Waals surface area contributed by atoms with E-state index >= 15 is 0 Å². The number of nitrogens with two attached hydrogens (primary N) is 1. The lowest BCUT2D eigenvalue weighted by atomic mass is 10.1. The summed E-state index contributed by atoms with van der Waals surface area (Å²) in [5.41, 5.74) is 7.17. The lowest BCUT2D eigenvalue weighted by Crippen LogP contribution is -2.31. The van der Waals surface area contributed by atoms with Gasteiger partial charge in [-0.3, -0.25) is 9.78 Å². The van der Waals surface area contributed by atoms with Gasteiger partial charge in [0.25, 0.3) is 5.91 Å². The highest BCUT2D eigenvalue weighted by atomic mass is 16.2. The van der Waals surface area contributed by atoms with E-state index in [1.807, 2.05) is 26.8 Å². The third kappa shape index (κ3) is 4.81. The standard InChI is InChI=1S/C15H26N4O/c1-5-19(6-2)15(20)14-10-13(7-8-17-14)18-12(4)9-11(3)16/h7-8,10-12H,5-6,9,16H2,1-4H3,(H,17,18). The molecular formula is C15H26N4O. The van der Waals surface area contributed by atoms with E-state index in [0.29, 0.717) is 18.8 Å². The number of rotatable bonds is 7. The molecule has 3 N–H and O–H groups in total. The molecule has 0 saturated heterocycles. The Morgan fingerprint density at radius 2 is 2.05 bits per heavy atom. The van der Waals surface area contributed by atoms with Crippen molar-refractivity contribution in [1.29, 1.82) is 0 Å². The molecule has 2 atom stereocenters. The van der Waals surface area contributed by atoms with Crippen molar-refractivity contribution in [2.75, 3.05) is 18.4 Å². The fourth-order valence-corrected chi connectivity index (χ4v) is 2.21. The second-order valence-corrected chi connectivity index (χ2v) is 5.17. The van der Waals surface area contributed by atoms with E-state index in [1.54, 1.807) is 17.2 Å². The predicted molar refractivity (Wildman–Crippen MR) is 82.8 cm³/mol. The van der Waals surface area contributed by atoms with Gasteiger partial charge in [-0.25, -0.2) is 0 Å². The molecule has 0 aliphatic carbocycles. The van der Waals surface area contributed by atoms with Crippen LogP contribution in [0.1, 0.15) is 44.6 Å². The van der Waals surface area contributed by atoms with Crippen LogP contribution in [0.4, 0.5) is 5.69 Å². The van der Waals surface area contributed by atoms with E-state index in [4.69, 9.17) is 5.73 Å². The molecule has 2 unspecified atom stereocenters. The molecule has 20 heavy (non-hydrogen) atoms. The van der Waals surface area contributed by atoms with E-state index in [-0.39, 0.29) is 18.0 Å². The van der Waals surface area contributed by atoms with Gasteiger partial charge in [0.15, 0.2) is 0 Å². The first-order valence-corrected chi connectivity index (χ1v) is 7.25. The Labute approximate surface area is 121 Å². The molecule has 0 aromatic carbocycles. The number of aromatic nitrogens is 1. The van der Waals surface area contributed by atoms with Gasteiger partial charge in [-0.15, -0.1) is 0 Å². The summed E-state index contributed by atoms with van der Waals surface area (Å²) in [7, 11) is 0. The average Bonchev–Trinajstić information content (AvgIpc) is 2.39. The molecule has 1 aromatic rings. The summed E-state index contributed by atoms with van der Waals surface area (Å²) in [5.74, 6) is -0.0292. The zero-order valence-electron chi connectivity index (χ0n) is 12.9. The number of pyridine rings is 1. The molecule has 0 aliphatic rings. The third-order valence-electron chi connectivity index (χ3n) is 3.17.